The molecule has 1 aromatic heterocycles. The number of hydrogen-bond donors (Lipinski definition) is 0. The molecule has 1 atom stereocenters. The summed E-state index contributed by atoms with van der Waals surface area (Å²) in [7, 11) is 1.86. The van der Waals surface area contributed by atoms with E-state index >= 15 is 0 Å². The van der Waals surface area contributed by atoms with E-state index in [0.29, 0.717) is 11.7 Å². The van der Waals surface area contributed by atoms with E-state index in [2.05, 4.69) is 28.9 Å². The molecule has 0 N–H and O–H groups in total. The maximum Gasteiger partial charge on any atom is 0.229 e. The van der Waals surface area contributed by atoms with Crippen molar-refractivity contribution in [2.75, 3.05) is 44.7 Å². The van der Waals surface area contributed by atoms with Gasteiger partial charge in [-0.1, -0.05) is 38.0 Å². The number of amides is 2. The minimum atomic E-state index is -0.276. The summed E-state index contributed by atoms with van der Waals surface area (Å²) in [5, 5.41) is 9.86. The zero-order valence-electron chi connectivity index (χ0n) is 17.4. The van der Waals surface area contributed by atoms with E-state index in [-0.39, 0.29) is 30.1 Å². The van der Waals surface area contributed by atoms with Crippen molar-refractivity contribution in [3.8, 4) is 0 Å². The molecule has 2 saturated heterocycles. The molecule has 0 aliphatic carbocycles. The second-order valence-corrected chi connectivity index (χ2v) is 9.34. The van der Waals surface area contributed by atoms with Crippen LogP contribution in [-0.4, -0.2) is 71.6 Å². The lowest BCUT2D eigenvalue weighted by atomic mass is 10.1. The molecule has 1 aromatic rings. The highest BCUT2D eigenvalue weighted by Crippen LogP contribution is 2.31. The molecule has 2 aliphatic heterocycles. The van der Waals surface area contributed by atoms with E-state index in [1.807, 2.05) is 7.05 Å². The van der Waals surface area contributed by atoms with Gasteiger partial charge in [0.2, 0.25) is 16.9 Å². The predicted octanol–water partition coefficient (Wildman–Crippen LogP) is 2.74. The lowest BCUT2D eigenvalue weighted by Crippen LogP contribution is -2.36. The third kappa shape index (κ3) is 5.29. The number of carbonyl (C=O) groups is 2. The van der Waals surface area contributed by atoms with Crippen molar-refractivity contribution in [1.29, 1.82) is 0 Å². The summed E-state index contributed by atoms with van der Waals surface area (Å²) < 4.78 is 0. The topological polar surface area (TPSA) is 69.6 Å². The Morgan fingerprint density at radius 3 is 2.57 bits per heavy atom. The molecule has 0 bridgehead atoms. The van der Waals surface area contributed by atoms with Gasteiger partial charge in [-0.15, -0.1) is 10.2 Å². The molecule has 1 unspecified atom stereocenters. The minimum absolute atomic E-state index is 0.0252. The summed E-state index contributed by atoms with van der Waals surface area (Å²) in [5.74, 6) is 0.0573. The van der Waals surface area contributed by atoms with Gasteiger partial charge in [-0.3, -0.25) is 14.5 Å². The standard InChI is InChI=1S/C20H33N5O2S/c1-15(2)18-21-22-20(28-18)25-14-16(13-17(25)26)19(27)23(3)9-8-12-24-10-6-4-5-7-11-24/h15-16H,4-14H2,1-3H3. The van der Waals surface area contributed by atoms with Gasteiger partial charge in [0.05, 0.1) is 5.92 Å². The first kappa shape index (κ1) is 21.2. The number of likely N-dealkylation sites (tertiary alicyclic amines) is 1. The summed E-state index contributed by atoms with van der Waals surface area (Å²) in [5.41, 5.74) is 0. The number of carbonyl (C=O) groups excluding carboxylic acids is 2. The van der Waals surface area contributed by atoms with Crippen molar-refractivity contribution < 1.29 is 9.59 Å². The van der Waals surface area contributed by atoms with Crippen LogP contribution < -0.4 is 4.90 Å². The lowest BCUT2D eigenvalue weighted by Gasteiger charge is -2.24. The van der Waals surface area contributed by atoms with Gasteiger partial charge in [0.1, 0.15) is 5.01 Å². The maximum atomic E-state index is 12.8. The van der Waals surface area contributed by atoms with Crippen molar-refractivity contribution in [3.05, 3.63) is 5.01 Å². The maximum absolute atomic E-state index is 12.8. The first-order valence-corrected chi connectivity index (χ1v) is 11.4. The Labute approximate surface area is 172 Å². The fourth-order valence-corrected chi connectivity index (χ4v) is 4.81. The smallest absolute Gasteiger partial charge is 0.229 e. The van der Waals surface area contributed by atoms with Crippen LogP contribution in [0.2, 0.25) is 0 Å². The molecule has 2 fully saturated rings. The highest BCUT2D eigenvalue weighted by molar-refractivity contribution is 7.15. The lowest BCUT2D eigenvalue weighted by molar-refractivity contribution is -0.134. The molecule has 156 valence electrons. The van der Waals surface area contributed by atoms with E-state index < -0.39 is 0 Å². The van der Waals surface area contributed by atoms with Crippen molar-refractivity contribution in [2.24, 2.45) is 5.92 Å². The number of rotatable bonds is 7. The second-order valence-electron chi connectivity index (χ2n) is 8.35. The normalized spacial score (nSPS) is 21.4. The third-order valence-electron chi connectivity index (χ3n) is 5.67. The van der Waals surface area contributed by atoms with Crippen molar-refractivity contribution in [2.45, 2.75) is 58.3 Å². The zero-order chi connectivity index (χ0) is 20.1. The van der Waals surface area contributed by atoms with Gasteiger partial charge in [0, 0.05) is 32.5 Å². The molecule has 2 amide bonds. The van der Waals surface area contributed by atoms with Crippen LogP contribution in [0.3, 0.4) is 0 Å². The molecule has 2 aliphatic rings. The van der Waals surface area contributed by atoms with Crippen LogP contribution in [0.25, 0.3) is 0 Å². The van der Waals surface area contributed by atoms with E-state index in [4.69, 9.17) is 0 Å². The Balaban J connectivity index is 1.47. The number of anilines is 1. The van der Waals surface area contributed by atoms with Crippen molar-refractivity contribution in [3.63, 3.8) is 0 Å². The first-order chi connectivity index (χ1) is 13.5. The molecule has 0 radical (unpaired) electrons. The molecule has 8 heteroatoms. The van der Waals surface area contributed by atoms with Gasteiger partial charge >= 0.3 is 0 Å². The molecule has 3 rings (SSSR count). The van der Waals surface area contributed by atoms with Gasteiger partial charge in [-0.2, -0.15) is 0 Å². The van der Waals surface area contributed by atoms with Crippen LogP contribution in [0.15, 0.2) is 0 Å². The predicted molar refractivity (Wildman–Crippen MR) is 112 cm³/mol. The van der Waals surface area contributed by atoms with E-state index in [9.17, 15) is 9.59 Å². The van der Waals surface area contributed by atoms with Crippen molar-refractivity contribution in [1.82, 2.24) is 20.0 Å². The van der Waals surface area contributed by atoms with Gasteiger partial charge in [0.15, 0.2) is 0 Å². The monoisotopic (exact) mass is 407 g/mol. The molecular formula is C20H33N5O2S. The Hall–Kier alpha value is -1.54. The molecule has 3 heterocycles. The third-order valence-corrected chi connectivity index (χ3v) is 6.92. The van der Waals surface area contributed by atoms with E-state index in [1.165, 1.54) is 50.1 Å². The second kappa shape index (κ2) is 9.78. The molecule has 28 heavy (non-hydrogen) atoms. The number of hydrogen-bond acceptors (Lipinski definition) is 6. The highest BCUT2D eigenvalue weighted by Gasteiger charge is 2.38. The van der Waals surface area contributed by atoms with Crippen LogP contribution in [0, 0.1) is 5.92 Å². The number of aromatic nitrogens is 2. The van der Waals surface area contributed by atoms with Gasteiger partial charge in [-0.25, -0.2) is 0 Å². The van der Waals surface area contributed by atoms with Crippen LogP contribution >= 0.6 is 11.3 Å². The molecule has 0 aromatic carbocycles. The molecule has 7 nitrogen and oxygen atoms in total. The SMILES string of the molecule is CC(C)c1nnc(N2CC(C(=O)N(C)CCCN3CCCCCC3)CC2=O)s1. The Kier molecular flexibility index (Phi) is 7.40. The Morgan fingerprint density at radius 2 is 1.93 bits per heavy atom. The summed E-state index contributed by atoms with van der Waals surface area (Å²) in [6.07, 6.45) is 6.52. The quantitative estimate of drug-likeness (QED) is 0.695. The fourth-order valence-electron chi connectivity index (χ4n) is 3.94. The summed E-state index contributed by atoms with van der Waals surface area (Å²) in [4.78, 5) is 31.2. The van der Waals surface area contributed by atoms with Crippen molar-refractivity contribution >= 4 is 28.3 Å². The summed E-state index contributed by atoms with van der Waals surface area (Å²) in [6, 6.07) is 0. The number of nitrogens with zero attached hydrogens (tertiary/aromatic N) is 5. The zero-order valence-corrected chi connectivity index (χ0v) is 18.2. The van der Waals surface area contributed by atoms with E-state index in [1.54, 1.807) is 9.80 Å². The van der Waals surface area contributed by atoms with Crippen LogP contribution in [0.1, 0.15) is 63.3 Å². The Morgan fingerprint density at radius 1 is 1.21 bits per heavy atom. The van der Waals surface area contributed by atoms with Gasteiger partial charge in [-0.05, 0) is 38.9 Å². The van der Waals surface area contributed by atoms with E-state index in [0.717, 1.165) is 24.5 Å². The highest BCUT2D eigenvalue weighted by atomic mass is 32.1. The van der Waals surface area contributed by atoms with Crippen LogP contribution in [0.4, 0.5) is 5.13 Å². The first-order valence-electron chi connectivity index (χ1n) is 10.6. The molecule has 0 saturated carbocycles. The summed E-state index contributed by atoms with van der Waals surface area (Å²) in [6.45, 7) is 8.70. The largest absolute Gasteiger partial charge is 0.345 e. The average molecular weight is 408 g/mol. The fraction of sp³-hybridized carbons (Fsp3) is 0.800. The van der Waals surface area contributed by atoms with Gasteiger partial charge in [0.25, 0.3) is 0 Å². The van der Waals surface area contributed by atoms with Crippen LogP contribution in [0.5, 0.6) is 0 Å². The molecule has 0 spiro atoms. The molecular weight excluding hydrogens is 374 g/mol. The van der Waals surface area contributed by atoms with Crippen LogP contribution in [-0.2, 0) is 9.59 Å². The van der Waals surface area contributed by atoms with Gasteiger partial charge < -0.3 is 9.80 Å². The average Bonchev–Trinajstić information content (AvgIpc) is 3.21. The minimum Gasteiger partial charge on any atom is -0.345 e. The summed E-state index contributed by atoms with van der Waals surface area (Å²) >= 11 is 1.45. The Bertz CT molecular complexity index is 669.